The van der Waals surface area contributed by atoms with Crippen LogP contribution in [0, 0.1) is 0 Å². The summed E-state index contributed by atoms with van der Waals surface area (Å²) >= 11 is 0. The lowest BCUT2D eigenvalue weighted by molar-refractivity contribution is 0.668. The number of hydrogen-bond donors (Lipinski definition) is 0. The molecule has 0 unspecified atom stereocenters. The summed E-state index contributed by atoms with van der Waals surface area (Å²) < 4.78 is 20.1. The fourth-order valence-corrected chi connectivity index (χ4v) is 21.5. The summed E-state index contributed by atoms with van der Waals surface area (Å²) in [5.41, 5.74) is 38.0. The minimum absolute atomic E-state index is 0.420. The molecule has 27 rings (SSSR count). The van der Waals surface area contributed by atoms with Gasteiger partial charge in [-0.2, -0.15) is 0 Å². The molecule has 0 radical (unpaired) electrons. The van der Waals surface area contributed by atoms with E-state index in [0.717, 1.165) is 138 Å². The Morgan fingerprint density at radius 1 is 0.144 bits per heavy atom. The van der Waals surface area contributed by atoms with Gasteiger partial charge in [0, 0.05) is 65.7 Å². The second kappa shape index (κ2) is 26.4. The van der Waals surface area contributed by atoms with Gasteiger partial charge in [-0.3, -0.25) is 0 Å². The summed E-state index contributed by atoms with van der Waals surface area (Å²) in [6.07, 6.45) is 0. The lowest BCUT2D eigenvalue weighted by atomic mass is 9.70. The Morgan fingerprint density at radius 3 is 0.840 bits per heavy atom. The van der Waals surface area contributed by atoms with Crippen LogP contribution in [0.5, 0.6) is 0 Å². The van der Waals surface area contributed by atoms with Gasteiger partial charge in [0.15, 0.2) is 34.9 Å². The fraction of sp³-hybridized carbons (Fsp3) is 0.0172. The third-order valence-electron chi connectivity index (χ3n) is 26.9. The minimum Gasteiger partial charge on any atom is -0.456 e. The summed E-state index contributed by atoms with van der Waals surface area (Å²) in [5.74, 6) is 3.15. The quantitative estimate of drug-likeness (QED) is 0.132. The molecule has 0 aliphatic heterocycles. The zero-order valence-electron chi connectivity index (χ0n) is 67.0. The molecule has 0 amide bonds. The molecule has 125 heavy (non-hydrogen) atoms. The molecule has 0 atom stereocenters. The van der Waals surface area contributed by atoms with Gasteiger partial charge >= 0.3 is 0 Å². The molecule has 578 valence electrons. The van der Waals surface area contributed by atoms with Gasteiger partial charge in [0.25, 0.3) is 0 Å². The molecule has 0 N–H and O–H groups in total. The molecule has 0 bridgehead atoms. The van der Waals surface area contributed by atoms with Crippen LogP contribution < -0.4 is 0 Å². The Hall–Kier alpha value is -16.6. The Morgan fingerprint density at radius 2 is 0.400 bits per heavy atom. The molecule has 18 aromatic carbocycles. The number of aromatic nitrogens is 6. The molecule has 0 saturated heterocycles. The number of fused-ring (bicyclic) bond motifs is 29. The van der Waals surface area contributed by atoms with Gasteiger partial charge in [0.05, 0.1) is 10.8 Å². The van der Waals surface area contributed by atoms with Crippen molar-refractivity contribution in [3.05, 3.63) is 445 Å². The van der Waals surface area contributed by atoms with Gasteiger partial charge < -0.3 is 13.3 Å². The maximum atomic E-state index is 6.84. The predicted octanol–water partition coefficient (Wildman–Crippen LogP) is 29.1. The average Bonchev–Trinajstić information content (AvgIpc) is 1.51. The van der Waals surface area contributed by atoms with Gasteiger partial charge in [0.1, 0.15) is 33.5 Å². The highest BCUT2D eigenvalue weighted by Crippen LogP contribution is 2.65. The molecule has 9 heteroatoms. The van der Waals surface area contributed by atoms with Gasteiger partial charge in [-0.1, -0.05) is 334 Å². The Kier molecular flexibility index (Phi) is 14.6. The second-order valence-electron chi connectivity index (χ2n) is 33.3. The highest BCUT2D eigenvalue weighted by molar-refractivity contribution is 6.16. The van der Waals surface area contributed by atoms with E-state index in [2.05, 4.69) is 315 Å². The number of furan rings is 3. The maximum Gasteiger partial charge on any atom is 0.164 e. The molecule has 4 aliphatic carbocycles. The summed E-state index contributed by atoms with van der Waals surface area (Å²) in [7, 11) is 0. The molecule has 5 heterocycles. The Labute approximate surface area is 717 Å². The average molecular weight is 1590 g/mol. The van der Waals surface area contributed by atoms with E-state index in [1.807, 2.05) is 84.9 Å². The highest BCUT2D eigenvalue weighted by atomic mass is 16.3. The van der Waals surface area contributed by atoms with Crippen LogP contribution in [0.1, 0.15) is 44.5 Å². The molecular formula is C116H66N6O3. The van der Waals surface area contributed by atoms with E-state index in [9.17, 15) is 0 Å². The van der Waals surface area contributed by atoms with Crippen LogP contribution >= 0.6 is 0 Å². The van der Waals surface area contributed by atoms with E-state index >= 15 is 0 Å². The van der Waals surface area contributed by atoms with Crippen LogP contribution in [0.15, 0.2) is 414 Å². The van der Waals surface area contributed by atoms with E-state index in [0.29, 0.717) is 34.9 Å². The third-order valence-corrected chi connectivity index (χ3v) is 26.9. The number of benzene rings is 18. The Balaban J connectivity index is 0.537. The summed E-state index contributed by atoms with van der Waals surface area (Å²) in [6.45, 7) is 0. The summed E-state index contributed by atoms with van der Waals surface area (Å²) in [5, 5.41) is 5.66. The second-order valence-corrected chi connectivity index (χ2v) is 33.3. The SMILES string of the molecule is c1ccc(-c2nc(-c3ccc(-c4cccc(-c5nc(-c6cccc7oc8ccccc8c67)nc(-c6cccc7oc8ccc(-c9ccc%10c(c9)C9(c%11ccccc%11-c%11ccccc%119)c9ccccc9-%10)cc8c67)n5)c4)cc3)nc(-c3cccc4oc5ccc(-c6ccc(-c7ccc8c(c7)C7(c9ccccc9-c9ccccc97)c7ccccc7-8)cc6)cc5c34)n2)cc1. The van der Waals surface area contributed by atoms with E-state index in [1.165, 1.54) is 94.6 Å². The molecule has 23 aromatic rings. The first-order valence-electron chi connectivity index (χ1n) is 42.5. The molecule has 9 nitrogen and oxygen atoms in total. The van der Waals surface area contributed by atoms with Gasteiger partial charge in [-0.25, -0.2) is 29.9 Å². The maximum absolute atomic E-state index is 6.84. The van der Waals surface area contributed by atoms with Gasteiger partial charge in [-0.05, 0) is 200 Å². The van der Waals surface area contributed by atoms with E-state index in [-0.39, 0.29) is 0 Å². The first kappa shape index (κ1) is 69.2. The number of para-hydroxylation sites is 1. The first-order valence-corrected chi connectivity index (χ1v) is 42.5. The fourth-order valence-electron chi connectivity index (χ4n) is 21.5. The monoisotopic (exact) mass is 1590 g/mol. The summed E-state index contributed by atoms with van der Waals surface area (Å²) in [6, 6.07) is 144. The van der Waals surface area contributed by atoms with Crippen LogP contribution in [-0.4, -0.2) is 29.9 Å². The molecule has 2 spiro atoms. The van der Waals surface area contributed by atoms with E-state index < -0.39 is 10.8 Å². The van der Waals surface area contributed by atoms with Crippen LogP contribution in [0.25, 0.3) is 223 Å². The summed E-state index contributed by atoms with van der Waals surface area (Å²) in [4.78, 5) is 32.4. The van der Waals surface area contributed by atoms with Gasteiger partial charge in [0.2, 0.25) is 0 Å². The third kappa shape index (κ3) is 10.1. The molecule has 0 saturated carbocycles. The van der Waals surface area contributed by atoms with Crippen molar-refractivity contribution < 1.29 is 13.3 Å². The van der Waals surface area contributed by atoms with Crippen molar-refractivity contribution in [2.24, 2.45) is 0 Å². The van der Waals surface area contributed by atoms with Crippen molar-refractivity contribution in [3.8, 4) is 157 Å². The van der Waals surface area contributed by atoms with Crippen molar-refractivity contribution >= 4 is 65.8 Å². The lowest BCUT2D eigenvalue weighted by Crippen LogP contribution is -2.25. The molecule has 5 aromatic heterocycles. The van der Waals surface area contributed by atoms with Crippen LogP contribution in [-0.2, 0) is 10.8 Å². The molecule has 0 fully saturated rings. The zero-order chi connectivity index (χ0) is 81.7. The van der Waals surface area contributed by atoms with E-state index in [1.54, 1.807) is 0 Å². The van der Waals surface area contributed by atoms with Gasteiger partial charge in [-0.15, -0.1) is 0 Å². The largest absolute Gasteiger partial charge is 0.456 e. The van der Waals surface area contributed by atoms with Crippen LogP contribution in [0.4, 0.5) is 0 Å². The zero-order valence-corrected chi connectivity index (χ0v) is 67.0. The standard InChI is InChI=1S/C116H66N6O3/c1-2-22-70(23-3-1)109-117-110(119-112(118-109)88-34-20-44-104-107(88)90-63-73(56-60-101(90)124-104)68-46-48-69(49-47-68)75-54-58-84-82-30-8-15-40-96(82)115(98(84)65-75)92-36-11-4-26-78(92)79-27-5-12-37-93(79)115)71-52-50-67(51-53-71)72-24-18-25-77(62-72)111-120-113(87-33-19-43-103-106(87)86-32-10-17-42-100(86)123-103)122-114(121-111)89-35-21-45-105-108(89)91-64-74(57-61-102(91)125-105)76-55-59-85-83-31-9-16-41-97(83)116(99(85)66-76)94-38-13-6-28-80(94)81-29-7-14-39-95(81)116/h1-66H. The number of hydrogen-bond acceptors (Lipinski definition) is 9. The predicted molar refractivity (Wildman–Crippen MR) is 502 cm³/mol. The van der Waals surface area contributed by atoms with Crippen molar-refractivity contribution in [1.29, 1.82) is 0 Å². The van der Waals surface area contributed by atoms with Crippen molar-refractivity contribution in [2.75, 3.05) is 0 Å². The van der Waals surface area contributed by atoms with Crippen molar-refractivity contribution in [3.63, 3.8) is 0 Å². The highest BCUT2D eigenvalue weighted by Gasteiger charge is 2.53. The Bertz CT molecular complexity index is 8440. The van der Waals surface area contributed by atoms with Crippen molar-refractivity contribution in [2.45, 2.75) is 10.8 Å². The first-order chi connectivity index (χ1) is 61.9. The lowest BCUT2D eigenvalue weighted by Gasteiger charge is -2.30. The number of nitrogens with zero attached hydrogens (tertiary/aromatic N) is 6. The molecule has 4 aliphatic rings. The number of rotatable bonds is 10. The normalized spacial score (nSPS) is 13.2. The van der Waals surface area contributed by atoms with Crippen molar-refractivity contribution in [1.82, 2.24) is 29.9 Å². The van der Waals surface area contributed by atoms with Crippen LogP contribution in [0.2, 0.25) is 0 Å². The smallest absolute Gasteiger partial charge is 0.164 e. The van der Waals surface area contributed by atoms with Crippen LogP contribution in [0.3, 0.4) is 0 Å². The minimum atomic E-state index is -0.484. The topological polar surface area (TPSA) is 117 Å². The molecular weight excluding hydrogens is 1530 g/mol. The van der Waals surface area contributed by atoms with E-state index in [4.69, 9.17) is 43.2 Å².